The van der Waals surface area contributed by atoms with Crippen LogP contribution >= 0.6 is 0 Å². The van der Waals surface area contributed by atoms with Crippen molar-refractivity contribution in [3.8, 4) is 0 Å². The number of amides is 3. The van der Waals surface area contributed by atoms with Crippen molar-refractivity contribution < 1.29 is 19.5 Å². The van der Waals surface area contributed by atoms with Crippen LogP contribution in [0.15, 0.2) is 24.3 Å². The van der Waals surface area contributed by atoms with Gasteiger partial charge in [0.1, 0.15) is 6.04 Å². The highest BCUT2D eigenvalue weighted by Gasteiger charge is 2.14. The molecule has 0 unspecified atom stereocenters. The third-order valence-electron chi connectivity index (χ3n) is 2.40. The molecule has 7 heteroatoms. The Balaban J connectivity index is 2.62. The van der Waals surface area contributed by atoms with E-state index in [1.165, 1.54) is 6.92 Å². The van der Waals surface area contributed by atoms with Gasteiger partial charge in [-0.25, -0.2) is 4.79 Å². The Hall–Kier alpha value is -2.57. The molecule has 0 aliphatic rings. The van der Waals surface area contributed by atoms with Crippen molar-refractivity contribution >= 4 is 17.9 Å². The number of primary amides is 1. The summed E-state index contributed by atoms with van der Waals surface area (Å²) in [7, 11) is 0. The Morgan fingerprint density at radius 1 is 1.26 bits per heavy atom. The van der Waals surface area contributed by atoms with E-state index in [1.54, 1.807) is 24.3 Å². The lowest BCUT2D eigenvalue weighted by Crippen LogP contribution is -2.38. The summed E-state index contributed by atoms with van der Waals surface area (Å²) in [5, 5.41) is 13.4. The van der Waals surface area contributed by atoms with E-state index in [0.717, 1.165) is 5.56 Å². The molecule has 1 atom stereocenters. The second kappa shape index (κ2) is 6.39. The molecule has 0 saturated heterocycles. The van der Waals surface area contributed by atoms with Crippen LogP contribution in [-0.4, -0.2) is 29.1 Å². The molecule has 7 nitrogen and oxygen atoms in total. The van der Waals surface area contributed by atoms with Gasteiger partial charge in [0.05, 0.1) is 0 Å². The average molecular weight is 265 g/mol. The van der Waals surface area contributed by atoms with Gasteiger partial charge < -0.3 is 21.5 Å². The van der Waals surface area contributed by atoms with Gasteiger partial charge in [-0.05, 0) is 24.6 Å². The van der Waals surface area contributed by atoms with Crippen LogP contribution in [0.4, 0.5) is 4.79 Å². The molecule has 102 valence electrons. The lowest BCUT2D eigenvalue weighted by Gasteiger charge is -2.09. The highest BCUT2D eigenvalue weighted by atomic mass is 16.4. The molecule has 0 aliphatic carbocycles. The van der Waals surface area contributed by atoms with E-state index in [-0.39, 0.29) is 6.54 Å². The summed E-state index contributed by atoms with van der Waals surface area (Å²) in [6, 6.07) is 4.80. The molecule has 1 rings (SSSR count). The smallest absolute Gasteiger partial charge is 0.325 e. The zero-order valence-electron chi connectivity index (χ0n) is 10.3. The van der Waals surface area contributed by atoms with Gasteiger partial charge in [-0.1, -0.05) is 12.1 Å². The number of benzene rings is 1. The van der Waals surface area contributed by atoms with Gasteiger partial charge in [-0.3, -0.25) is 9.59 Å². The minimum Gasteiger partial charge on any atom is -0.480 e. The Labute approximate surface area is 109 Å². The number of nitrogens with one attached hydrogen (secondary N) is 2. The molecule has 0 bridgehead atoms. The van der Waals surface area contributed by atoms with Crippen molar-refractivity contribution in [2.45, 2.75) is 19.5 Å². The van der Waals surface area contributed by atoms with Crippen LogP contribution in [0.2, 0.25) is 0 Å². The van der Waals surface area contributed by atoms with E-state index in [2.05, 4.69) is 10.6 Å². The second-order valence-corrected chi connectivity index (χ2v) is 3.95. The van der Waals surface area contributed by atoms with E-state index >= 15 is 0 Å². The van der Waals surface area contributed by atoms with E-state index in [1.807, 2.05) is 0 Å². The van der Waals surface area contributed by atoms with Crippen LogP contribution in [0.3, 0.4) is 0 Å². The number of urea groups is 1. The van der Waals surface area contributed by atoms with Crippen molar-refractivity contribution in [2.24, 2.45) is 5.73 Å². The minimum atomic E-state index is -1.10. The fraction of sp³-hybridized carbons (Fsp3) is 0.250. The lowest BCUT2D eigenvalue weighted by atomic mass is 10.1. The zero-order valence-corrected chi connectivity index (χ0v) is 10.3. The van der Waals surface area contributed by atoms with Crippen LogP contribution in [0.5, 0.6) is 0 Å². The van der Waals surface area contributed by atoms with Crippen molar-refractivity contribution in [3.63, 3.8) is 0 Å². The number of rotatable bonds is 5. The highest BCUT2D eigenvalue weighted by molar-refractivity contribution is 5.96. The lowest BCUT2D eigenvalue weighted by molar-refractivity contribution is -0.138. The Bertz CT molecular complexity index is 484. The predicted octanol–water partition coefficient (Wildman–Crippen LogP) is 0.0578. The maximum atomic E-state index is 11.7. The maximum absolute atomic E-state index is 11.7. The first-order valence-corrected chi connectivity index (χ1v) is 5.56. The number of aliphatic carboxylic acids is 1. The second-order valence-electron chi connectivity index (χ2n) is 3.95. The Morgan fingerprint density at radius 2 is 1.84 bits per heavy atom. The molecule has 3 amide bonds. The van der Waals surface area contributed by atoms with Crippen molar-refractivity contribution in [2.75, 3.05) is 0 Å². The molecule has 1 aromatic carbocycles. The summed E-state index contributed by atoms with van der Waals surface area (Å²) in [5.41, 5.74) is 6.05. The normalized spacial score (nSPS) is 11.4. The molecule has 1 aromatic rings. The molecular formula is C12H15N3O4. The van der Waals surface area contributed by atoms with Gasteiger partial charge in [-0.15, -0.1) is 0 Å². The minimum absolute atomic E-state index is 0.267. The van der Waals surface area contributed by atoms with Crippen LogP contribution < -0.4 is 16.4 Å². The largest absolute Gasteiger partial charge is 0.480 e. The van der Waals surface area contributed by atoms with Crippen molar-refractivity contribution in [3.05, 3.63) is 35.4 Å². The van der Waals surface area contributed by atoms with E-state index < -0.39 is 23.9 Å². The third-order valence-corrected chi connectivity index (χ3v) is 2.40. The first-order valence-electron chi connectivity index (χ1n) is 5.56. The first kappa shape index (κ1) is 14.5. The summed E-state index contributed by atoms with van der Waals surface area (Å²) in [6.07, 6.45) is 0. The quantitative estimate of drug-likeness (QED) is 0.601. The fourth-order valence-corrected chi connectivity index (χ4v) is 1.30. The zero-order chi connectivity index (χ0) is 14.4. The topological polar surface area (TPSA) is 122 Å². The molecule has 0 heterocycles. The summed E-state index contributed by atoms with van der Waals surface area (Å²) in [5.74, 6) is -1.57. The number of hydrogen-bond donors (Lipinski definition) is 4. The van der Waals surface area contributed by atoms with E-state index in [9.17, 15) is 14.4 Å². The Kier molecular flexibility index (Phi) is 4.87. The number of carboxylic acid groups (broad SMARTS) is 1. The predicted molar refractivity (Wildman–Crippen MR) is 67.4 cm³/mol. The van der Waals surface area contributed by atoms with Gasteiger partial charge in [0, 0.05) is 12.1 Å². The number of carboxylic acids is 1. The molecule has 0 saturated carbocycles. The standard InChI is InChI=1S/C12H15N3O4/c1-7(11(17)18)15-10(16)9-4-2-8(3-5-9)6-14-12(13)19/h2-5,7H,6H2,1H3,(H,15,16)(H,17,18)(H3,13,14,19)/t7-/m0/s1. The molecule has 0 fully saturated rings. The SMILES string of the molecule is C[C@H](NC(=O)c1ccc(CNC(N)=O)cc1)C(=O)O. The Morgan fingerprint density at radius 3 is 2.32 bits per heavy atom. The summed E-state index contributed by atoms with van der Waals surface area (Å²) >= 11 is 0. The molecule has 19 heavy (non-hydrogen) atoms. The molecule has 0 aromatic heterocycles. The number of hydrogen-bond acceptors (Lipinski definition) is 3. The highest BCUT2D eigenvalue weighted by Crippen LogP contribution is 2.04. The van der Waals surface area contributed by atoms with Gasteiger partial charge in [0.2, 0.25) is 0 Å². The molecule has 0 radical (unpaired) electrons. The number of carbonyl (C=O) groups excluding carboxylic acids is 2. The molecule has 5 N–H and O–H groups in total. The maximum Gasteiger partial charge on any atom is 0.325 e. The summed E-state index contributed by atoms with van der Waals surface area (Å²) < 4.78 is 0. The van der Waals surface area contributed by atoms with Crippen LogP contribution in [0.25, 0.3) is 0 Å². The van der Waals surface area contributed by atoms with Crippen LogP contribution in [-0.2, 0) is 11.3 Å². The first-order chi connectivity index (χ1) is 8.90. The monoisotopic (exact) mass is 265 g/mol. The van der Waals surface area contributed by atoms with Crippen LogP contribution in [0.1, 0.15) is 22.8 Å². The number of nitrogens with two attached hydrogens (primary N) is 1. The summed E-state index contributed by atoms with van der Waals surface area (Å²) in [4.78, 5) is 32.8. The molecule has 0 aliphatic heterocycles. The summed E-state index contributed by atoms with van der Waals surface area (Å²) in [6.45, 7) is 1.65. The van der Waals surface area contributed by atoms with E-state index in [0.29, 0.717) is 5.56 Å². The van der Waals surface area contributed by atoms with Gasteiger partial charge >= 0.3 is 12.0 Å². The van der Waals surface area contributed by atoms with Crippen molar-refractivity contribution in [1.82, 2.24) is 10.6 Å². The molecular weight excluding hydrogens is 250 g/mol. The van der Waals surface area contributed by atoms with Gasteiger partial charge in [0.25, 0.3) is 5.91 Å². The van der Waals surface area contributed by atoms with Crippen LogP contribution in [0, 0.1) is 0 Å². The van der Waals surface area contributed by atoms with Crippen molar-refractivity contribution in [1.29, 1.82) is 0 Å². The average Bonchev–Trinajstić information content (AvgIpc) is 2.36. The number of carbonyl (C=O) groups is 3. The van der Waals surface area contributed by atoms with E-state index in [4.69, 9.17) is 10.8 Å². The molecule has 0 spiro atoms. The van der Waals surface area contributed by atoms with Gasteiger partial charge in [0.15, 0.2) is 0 Å². The fourth-order valence-electron chi connectivity index (χ4n) is 1.30. The third kappa shape index (κ3) is 4.66. The van der Waals surface area contributed by atoms with Gasteiger partial charge in [-0.2, -0.15) is 0 Å².